The molecule has 0 aromatic heterocycles. The van der Waals surface area contributed by atoms with Gasteiger partial charge in [-0.2, -0.15) is 0 Å². The van der Waals surface area contributed by atoms with Crippen LogP contribution in [0.15, 0.2) is 30.3 Å². The summed E-state index contributed by atoms with van der Waals surface area (Å²) in [6.45, 7) is 3.32. The molecule has 0 aliphatic carbocycles. The zero-order chi connectivity index (χ0) is 15.5. The highest BCUT2D eigenvalue weighted by molar-refractivity contribution is 5.77. The van der Waals surface area contributed by atoms with Gasteiger partial charge in [-0.15, -0.1) is 0 Å². The van der Waals surface area contributed by atoms with Crippen LogP contribution in [0.1, 0.15) is 25.3 Å². The maximum atomic E-state index is 12.4. The normalized spacial score (nSPS) is 17.3. The quantitative estimate of drug-likeness (QED) is 0.930. The fourth-order valence-corrected chi connectivity index (χ4v) is 2.57. The molecule has 0 atom stereocenters. The lowest BCUT2D eigenvalue weighted by molar-refractivity contribution is -0.150. The van der Waals surface area contributed by atoms with E-state index < -0.39 is 11.4 Å². The van der Waals surface area contributed by atoms with Gasteiger partial charge >= 0.3 is 12.0 Å². The molecule has 1 saturated heterocycles. The van der Waals surface area contributed by atoms with Gasteiger partial charge in [0.1, 0.15) is 0 Å². The average Bonchev–Trinajstić information content (AvgIpc) is 2.48. The topological polar surface area (TPSA) is 60.9 Å². The minimum atomic E-state index is -0.771. The summed E-state index contributed by atoms with van der Waals surface area (Å²) in [5, 5.41) is 9.21. The highest BCUT2D eigenvalue weighted by Gasteiger charge is 2.38. The number of carbonyl (C=O) groups is 2. The fourth-order valence-electron chi connectivity index (χ4n) is 2.57. The molecule has 0 radical (unpaired) electrons. The molecule has 1 aromatic rings. The van der Waals surface area contributed by atoms with Crippen molar-refractivity contribution in [2.75, 3.05) is 20.1 Å². The average molecular weight is 290 g/mol. The van der Waals surface area contributed by atoms with Crippen molar-refractivity contribution in [3.8, 4) is 0 Å². The predicted molar refractivity (Wildman–Crippen MR) is 79.9 cm³/mol. The number of carbonyl (C=O) groups excluding carboxylic acids is 1. The van der Waals surface area contributed by atoms with E-state index >= 15 is 0 Å². The largest absolute Gasteiger partial charge is 0.481 e. The van der Waals surface area contributed by atoms with E-state index in [0.717, 1.165) is 5.56 Å². The molecule has 5 heteroatoms. The van der Waals surface area contributed by atoms with Crippen LogP contribution in [0.2, 0.25) is 0 Å². The monoisotopic (exact) mass is 290 g/mol. The van der Waals surface area contributed by atoms with Crippen LogP contribution in [0, 0.1) is 5.41 Å². The summed E-state index contributed by atoms with van der Waals surface area (Å²) in [6.07, 6.45) is 1.01. The SMILES string of the molecule is CN(Cc1ccccc1)C(=O)N1CCC(C)(C(=O)O)CC1. The standard InChI is InChI=1S/C16H22N2O3/c1-16(14(19)20)8-10-18(11-9-16)15(21)17(2)12-13-6-4-3-5-7-13/h3-7H,8-12H2,1-2H3,(H,19,20). The molecule has 2 rings (SSSR count). The van der Waals surface area contributed by atoms with Gasteiger partial charge in [0, 0.05) is 26.7 Å². The Morgan fingerprint density at radius 2 is 1.81 bits per heavy atom. The molecule has 0 saturated carbocycles. The third-order valence-electron chi connectivity index (χ3n) is 4.24. The summed E-state index contributed by atoms with van der Waals surface area (Å²) < 4.78 is 0. The Kier molecular flexibility index (Phi) is 4.50. The van der Waals surface area contributed by atoms with Crippen molar-refractivity contribution in [3.63, 3.8) is 0 Å². The van der Waals surface area contributed by atoms with Crippen LogP contribution in [0.3, 0.4) is 0 Å². The van der Waals surface area contributed by atoms with E-state index in [1.165, 1.54) is 0 Å². The maximum absolute atomic E-state index is 12.4. The number of benzene rings is 1. The summed E-state index contributed by atoms with van der Waals surface area (Å²) >= 11 is 0. The second-order valence-electron chi connectivity index (χ2n) is 5.98. The van der Waals surface area contributed by atoms with Crippen LogP contribution in [0.4, 0.5) is 4.79 Å². The molecule has 1 aliphatic heterocycles. The lowest BCUT2D eigenvalue weighted by Crippen LogP contribution is -2.48. The molecule has 21 heavy (non-hydrogen) atoms. The highest BCUT2D eigenvalue weighted by Crippen LogP contribution is 2.31. The number of rotatable bonds is 3. The van der Waals surface area contributed by atoms with Gasteiger partial charge < -0.3 is 14.9 Å². The molecule has 1 aliphatic rings. The van der Waals surface area contributed by atoms with Crippen LogP contribution >= 0.6 is 0 Å². The van der Waals surface area contributed by atoms with E-state index in [1.807, 2.05) is 30.3 Å². The number of carboxylic acid groups (broad SMARTS) is 1. The molecule has 2 amide bonds. The number of aliphatic carboxylic acids is 1. The third kappa shape index (κ3) is 3.54. The van der Waals surface area contributed by atoms with Crippen LogP contribution in [-0.4, -0.2) is 47.0 Å². The van der Waals surface area contributed by atoms with Gasteiger partial charge in [-0.3, -0.25) is 4.79 Å². The number of piperidine rings is 1. The van der Waals surface area contributed by atoms with Gasteiger partial charge in [0.15, 0.2) is 0 Å². The maximum Gasteiger partial charge on any atom is 0.320 e. The van der Waals surface area contributed by atoms with E-state index in [9.17, 15) is 14.7 Å². The molecule has 1 aromatic carbocycles. The van der Waals surface area contributed by atoms with Crippen molar-refractivity contribution in [2.24, 2.45) is 5.41 Å². The van der Waals surface area contributed by atoms with Gasteiger partial charge in [0.05, 0.1) is 5.41 Å². The number of urea groups is 1. The zero-order valence-corrected chi connectivity index (χ0v) is 12.6. The number of amides is 2. The number of hydrogen-bond donors (Lipinski definition) is 1. The first-order valence-electron chi connectivity index (χ1n) is 7.20. The van der Waals surface area contributed by atoms with Crippen LogP contribution in [-0.2, 0) is 11.3 Å². The van der Waals surface area contributed by atoms with Gasteiger partial charge in [-0.25, -0.2) is 4.79 Å². The minimum Gasteiger partial charge on any atom is -0.481 e. The Morgan fingerprint density at radius 1 is 1.24 bits per heavy atom. The Labute approximate surface area is 125 Å². The Hall–Kier alpha value is -2.04. The summed E-state index contributed by atoms with van der Waals surface area (Å²) in [6, 6.07) is 9.79. The van der Waals surface area contributed by atoms with E-state index in [1.54, 1.807) is 23.8 Å². The van der Waals surface area contributed by atoms with Crippen LogP contribution < -0.4 is 0 Å². The minimum absolute atomic E-state index is 0.0358. The molecule has 0 unspecified atom stereocenters. The predicted octanol–water partition coefficient (Wildman–Crippen LogP) is 2.43. The smallest absolute Gasteiger partial charge is 0.320 e. The van der Waals surface area contributed by atoms with Crippen molar-refractivity contribution in [2.45, 2.75) is 26.3 Å². The van der Waals surface area contributed by atoms with Crippen molar-refractivity contribution in [1.82, 2.24) is 9.80 Å². The Balaban J connectivity index is 1.91. The summed E-state index contributed by atoms with van der Waals surface area (Å²) in [5.41, 5.74) is 0.384. The molecule has 114 valence electrons. The van der Waals surface area contributed by atoms with Gasteiger partial charge in [-0.1, -0.05) is 30.3 Å². The lowest BCUT2D eigenvalue weighted by atomic mass is 9.80. The highest BCUT2D eigenvalue weighted by atomic mass is 16.4. The van der Waals surface area contributed by atoms with Crippen LogP contribution in [0.5, 0.6) is 0 Å². The van der Waals surface area contributed by atoms with Gasteiger partial charge in [0.2, 0.25) is 0 Å². The Bertz CT molecular complexity index is 508. The third-order valence-corrected chi connectivity index (χ3v) is 4.24. The molecule has 5 nitrogen and oxygen atoms in total. The number of carboxylic acids is 1. The number of likely N-dealkylation sites (tertiary alicyclic amines) is 1. The van der Waals surface area contributed by atoms with E-state index in [4.69, 9.17) is 0 Å². The molecule has 1 N–H and O–H groups in total. The van der Waals surface area contributed by atoms with Gasteiger partial charge in [-0.05, 0) is 25.3 Å². The van der Waals surface area contributed by atoms with Crippen LogP contribution in [0.25, 0.3) is 0 Å². The second-order valence-corrected chi connectivity index (χ2v) is 5.98. The molecule has 1 heterocycles. The molecule has 0 spiro atoms. The van der Waals surface area contributed by atoms with E-state index in [0.29, 0.717) is 32.5 Å². The second kappa shape index (κ2) is 6.16. The summed E-state index contributed by atoms with van der Waals surface area (Å²) in [7, 11) is 1.78. The van der Waals surface area contributed by atoms with E-state index in [2.05, 4.69) is 0 Å². The lowest BCUT2D eigenvalue weighted by Gasteiger charge is -2.38. The number of hydrogen-bond acceptors (Lipinski definition) is 2. The summed E-state index contributed by atoms with van der Waals surface area (Å²) in [4.78, 5) is 27.0. The van der Waals surface area contributed by atoms with Gasteiger partial charge in [0.25, 0.3) is 0 Å². The van der Waals surface area contributed by atoms with E-state index in [-0.39, 0.29) is 6.03 Å². The number of nitrogens with zero attached hydrogens (tertiary/aromatic N) is 2. The first kappa shape index (κ1) is 15.4. The molecule has 1 fully saturated rings. The molecular weight excluding hydrogens is 268 g/mol. The fraction of sp³-hybridized carbons (Fsp3) is 0.500. The first-order chi connectivity index (χ1) is 9.92. The van der Waals surface area contributed by atoms with Crippen molar-refractivity contribution >= 4 is 12.0 Å². The van der Waals surface area contributed by atoms with Crippen molar-refractivity contribution in [1.29, 1.82) is 0 Å². The molecular formula is C16H22N2O3. The first-order valence-corrected chi connectivity index (χ1v) is 7.20. The van der Waals surface area contributed by atoms with Crippen molar-refractivity contribution in [3.05, 3.63) is 35.9 Å². The molecule has 0 bridgehead atoms. The zero-order valence-electron chi connectivity index (χ0n) is 12.6. The Morgan fingerprint density at radius 3 is 2.33 bits per heavy atom. The summed E-state index contributed by atoms with van der Waals surface area (Å²) in [5.74, 6) is -0.771. The van der Waals surface area contributed by atoms with Crippen molar-refractivity contribution < 1.29 is 14.7 Å².